The molecule has 0 fully saturated rings. The highest BCUT2D eigenvalue weighted by Crippen LogP contribution is 2.25. The third kappa shape index (κ3) is 6.10. The molecular formula is C27H21F2N3O4S. The number of rotatable bonds is 8. The lowest BCUT2D eigenvalue weighted by atomic mass is 9.99. The molecule has 0 aliphatic rings. The minimum atomic E-state index is -3.36. The topological polar surface area (TPSA) is 106 Å². The van der Waals surface area contributed by atoms with Crippen molar-refractivity contribution in [2.45, 2.75) is 18.2 Å². The first-order valence-electron chi connectivity index (χ1n) is 11.2. The summed E-state index contributed by atoms with van der Waals surface area (Å²) in [6, 6.07) is 16.4. The van der Waals surface area contributed by atoms with Crippen molar-refractivity contribution < 1.29 is 26.8 Å². The number of nitrogens with one attached hydrogen (secondary N) is 1. The summed E-state index contributed by atoms with van der Waals surface area (Å²) in [7, 11) is -3.36. The zero-order valence-corrected chi connectivity index (χ0v) is 20.4. The molecule has 1 amide bonds. The molecule has 37 heavy (non-hydrogen) atoms. The number of benzene rings is 3. The zero-order valence-electron chi connectivity index (χ0n) is 19.6. The first-order valence-corrected chi connectivity index (χ1v) is 12.9. The summed E-state index contributed by atoms with van der Waals surface area (Å²) in [5.74, 6) is -2.36. The largest absolute Gasteiger partial charge is 0.294 e. The molecule has 1 heterocycles. The van der Waals surface area contributed by atoms with Crippen LogP contribution in [0.5, 0.6) is 0 Å². The average Bonchev–Trinajstić information content (AvgIpc) is 2.89. The van der Waals surface area contributed by atoms with Gasteiger partial charge in [-0.2, -0.15) is 0 Å². The summed E-state index contributed by atoms with van der Waals surface area (Å²) in [5, 5.41) is 2.53. The van der Waals surface area contributed by atoms with Gasteiger partial charge in [0.1, 0.15) is 17.3 Å². The number of aromatic nitrogens is 2. The monoisotopic (exact) mass is 521 g/mol. The zero-order chi connectivity index (χ0) is 26.6. The SMILES string of the molecule is CCS(=O)(=O)c1ccc(CC(=O)Nc2ncc(-c3ccc(F)cc3)c(C(=O)c3cccc(F)c3)n2)cc1. The van der Waals surface area contributed by atoms with Crippen LogP contribution in [-0.4, -0.2) is 35.8 Å². The summed E-state index contributed by atoms with van der Waals surface area (Å²) in [6.45, 7) is 1.55. The van der Waals surface area contributed by atoms with Crippen LogP contribution in [0.4, 0.5) is 14.7 Å². The number of hydrogen-bond acceptors (Lipinski definition) is 6. The van der Waals surface area contributed by atoms with E-state index >= 15 is 0 Å². The van der Waals surface area contributed by atoms with Crippen LogP contribution < -0.4 is 5.32 Å². The molecule has 0 radical (unpaired) electrons. The third-order valence-electron chi connectivity index (χ3n) is 5.52. The Morgan fingerprint density at radius 3 is 2.27 bits per heavy atom. The second kappa shape index (κ2) is 10.8. The fourth-order valence-corrected chi connectivity index (χ4v) is 4.44. The van der Waals surface area contributed by atoms with Gasteiger partial charge in [-0.05, 0) is 47.5 Å². The van der Waals surface area contributed by atoms with Crippen molar-refractivity contribution in [3.05, 3.63) is 107 Å². The standard InChI is InChI=1S/C27H21F2N3O4S/c1-2-37(35,36)22-12-6-17(7-13-22)14-24(33)31-27-30-16-23(18-8-10-20(28)11-9-18)25(32-27)26(34)19-4-3-5-21(29)15-19/h3-13,15-16H,2,14H2,1H3,(H,30,31,32,33). The molecule has 4 aromatic rings. The molecular weight excluding hydrogens is 500 g/mol. The molecule has 0 saturated carbocycles. The molecule has 10 heteroatoms. The maximum Gasteiger partial charge on any atom is 0.231 e. The minimum absolute atomic E-state index is 0.0330. The van der Waals surface area contributed by atoms with E-state index in [0.29, 0.717) is 11.1 Å². The number of anilines is 1. The fourth-order valence-electron chi connectivity index (χ4n) is 3.56. The molecule has 0 spiro atoms. The van der Waals surface area contributed by atoms with Crippen LogP contribution in [0.2, 0.25) is 0 Å². The smallest absolute Gasteiger partial charge is 0.231 e. The Balaban J connectivity index is 1.61. The van der Waals surface area contributed by atoms with Gasteiger partial charge in [0.2, 0.25) is 17.6 Å². The third-order valence-corrected chi connectivity index (χ3v) is 7.27. The van der Waals surface area contributed by atoms with Crippen LogP contribution in [0.25, 0.3) is 11.1 Å². The second-order valence-electron chi connectivity index (χ2n) is 8.07. The van der Waals surface area contributed by atoms with E-state index in [1.807, 2.05) is 0 Å². The lowest BCUT2D eigenvalue weighted by Gasteiger charge is -2.11. The molecule has 1 N–H and O–H groups in total. The molecule has 0 bridgehead atoms. The molecule has 0 atom stereocenters. The quantitative estimate of drug-likeness (QED) is 0.339. The van der Waals surface area contributed by atoms with Gasteiger partial charge in [0.25, 0.3) is 0 Å². The van der Waals surface area contributed by atoms with Crippen LogP contribution in [0, 0.1) is 11.6 Å². The predicted octanol–water partition coefficient (Wildman–Crippen LogP) is 4.63. The summed E-state index contributed by atoms with van der Waals surface area (Å²) in [5.41, 5.74) is 1.24. The molecule has 3 aromatic carbocycles. The van der Waals surface area contributed by atoms with E-state index < -0.39 is 33.2 Å². The normalized spacial score (nSPS) is 11.2. The number of carbonyl (C=O) groups is 2. The van der Waals surface area contributed by atoms with Crippen LogP contribution in [0.15, 0.2) is 83.9 Å². The van der Waals surface area contributed by atoms with Crippen LogP contribution in [0.1, 0.15) is 28.5 Å². The predicted molar refractivity (Wildman–Crippen MR) is 134 cm³/mol. The van der Waals surface area contributed by atoms with Crippen molar-refractivity contribution in [2.75, 3.05) is 11.1 Å². The number of carbonyl (C=O) groups excluding carboxylic acids is 2. The average molecular weight is 522 g/mol. The molecule has 0 saturated heterocycles. The molecule has 0 unspecified atom stereocenters. The van der Waals surface area contributed by atoms with Crippen molar-refractivity contribution in [3.63, 3.8) is 0 Å². The number of halogens is 2. The van der Waals surface area contributed by atoms with Gasteiger partial charge in [0.15, 0.2) is 9.84 Å². The lowest BCUT2D eigenvalue weighted by Crippen LogP contribution is -2.18. The first-order chi connectivity index (χ1) is 17.7. The molecule has 4 rings (SSSR count). The maximum atomic E-state index is 13.8. The van der Waals surface area contributed by atoms with Crippen LogP contribution in [0.3, 0.4) is 0 Å². The van der Waals surface area contributed by atoms with Crippen LogP contribution >= 0.6 is 0 Å². The van der Waals surface area contributed by atoms with Crippen LogP contribution in [-0.2, 0) is 21.1 Å². The van der Waals surface area contributed by atoms with Gasteiger partial charge in [-0.25, -0.2) is 27.2 Å². The van der Waals surface area contributed by atoms with E-state index in [-0.39, 0.29) is 39.8 Å². The Bertz CT molecular complexity index is 1570. The van der Waals surface area contributed by atoms with Crippen molar-refractivity contribution >= 4 is 27.5 Å². The van der Waals surface area contributed by atoms with Crippen molar-refractivity contribution in [3.8, 4) is 11.1 Å². The van der Waals surface area contributed by atoms with Crippen molar-refractivity contribution in [1.82, 2.24) is 9.97 Å². The summed E-state index contributed by atoms with van der Waals surface area (Å²) >= 11 is 0. The van der Waals surface area contributed by atoms with E-state index in [2.05, 4.69) is 15.3 Å². The molecule has 0 aliphatic carbocycles. The Kier molecular flexibility index (Phi) is 7.49. The summed E-state index contributed by atoms with van der Waals surface area (Å²) < 4.78 is 51.1. The highest BCUT2D eigenvalue weighted by Gasteiger charge is 2.20. The van der Waals surface area contributed by atoms with Gasteiger partial charge in [0, 0.05) is 17.3 Å². The van der Waals surface area contributed by atoms with Gasteiger partial charge >= 0.3 is 0 Å². The molecule has 1 aromatic heterocycles. The highest BCUT2D eigenvalue weighted by atomic mass is 32.2. The fraction of sp³-hybridized carbons (Fsp3) is 0.111. The Morgan fingerprint density at radius 1 is 0.919 bits per heavy atom. The highest BCUT2D eigenvalue weighted by molar-refractivity contribution is 7.91. The number of ketones is 1. The van der Waals surface area contributed by atoms with E-state index in [9.17, 15) is 26.8 Å². The van der Waals surface area contributed by atoms with E-state index in [1.54, 1.807) is 19.1 Å². The molecule has 188 valence electrons. The van der Waals surface area contributed by atoms with E-state index in [1.165, 1.54) is 60.8 Å². The van der Waals surface area contributed by atoms with Crippen molar-refractivity contribution in [1.29, 1.82) is 0 Å². The Labute approximate surface area is 212 Å². The van der Waals surface area contributed by atoms with Gasteiger partial charge in [0.05, 0.1) is 17.1 Å². The Hall–Kier alpha value is -4.31. The number of nitrogens with zero attached hydrogens (tertiary/aromatic N) is 2. The molecule has 7 nitrogen and oxygen atoms in total. The Morgan fingerprint density at radius 2 is 1.62 bits per heavy atom. The summed E-state index contributed by atoms with van der Waals surface area (Å²) in [4.78, 5) is 34.4. The van der Waals surface area contributed by atoms with Gasteiger partial charge in [-0.1, -0.05) is 43.3 Å². The number of hydrogen-bond donors (Lipinski definition) is 1. The minimum Gasteiger partial charge on any atom is -0.294 e. The lowest BCUT2D eigenvalue weighted by molar-refractivity contribution is -0.115. The number of amides is 1. The van der Waals surface area contributed by atoms with Gasteiger partial charge in [-0.3, -0.25) is 14.9 Å². The maximum absolute atomic E-state index is 13.8. The second-order valence-corrected chi connectivity index (χ2v) is 10.4. The van der Waals surface area contributed by atoms with Gasteiger partial charge in [-0.15, -0.1) is 0 Å². The van der Waals surface area contributed by atoms with Crippen molar-refractivity contribution in [2.24, 2.45) is 0 Å². The first kappa shape index (κ1) is 25.8. The van der Waals surface area contributed by atoms with E-state index in [4.69, 9.17) is 0 Å². The van der Waals surface area contributed by atoms with Gasteiger partial charge < -0.3 is 0 Å². The summed E-state index contributed by atoms with van der Waals surface area (Å²) in [6.07, 6.45) is 1.23. The molecule has 0 aliphatic heterocycles. The van der Waals surface area contributed by atoms with E-state index in [0.717, 1.165) is 6.07 Å². The number of sulfone groups is 1.